The minimum absolute atomic E-state index is 0.0565. The Kier molecular flexibility index (Phi) is 8.60. The van der Waals surface area contributed by atoms with Gasteiger partial charge in [0.25, 0.3) is 0 Å². The van der Waals surface area contributed by atoms with Crippen LogP contribution >= 0.6 is 11.3 Å². The van der Waals surface area contributed by atoms with Gasteiger partial charge in [0.05, 0.1) is 44.4 Å². The largest absolute Gasteiger partial charge is 0.468 e. The summed E-state index contributed by atoms with van der Waals surface area (Å²) in [6, 6.07) is 17.5. The third-order valence-electron chi connectivity index (χ3n) is 6.18. The Morgan fingerprint density at radius 2 is 1.76 bits per heavy atom. The molecule has 37 heavy (non-hydrogen) atoms. The summed E-state index contributed by atoms with van der Waals surface area (Å²) in [6.07, 6.45) is 0. The number of carbonyl (C=O) groups excluding carboxylic acids is 2. The molecule has 0 amide bonds. The Morgan fingerprint density at radius 1 is 1.03 bits per heavy atom. The SMILES string of the molecule is COC(=O)C1=C(COCCN)N=C(C)C(C(=O)OC)C1c1ccccc1-c1nc(-c2ccccc2)cs1. The van der Waals surface area contributed by atoms with Crippen molar-refractivity contribution in [2.45, 2.75) is 12.8 Å². The van der Waals surface area contributed by atoms with Crippen LogP contribution in [0.2, 0.25) is 0 Å². The maximum Gasteiger partial charge on any atom is 0.336 e. The van der Waals surface area contributed by atoms with Gasteiger partial charge in [0.2, 0.25) is 0 Å². The molecular weight excluding hydrogens is 490 g/mol. The van der Waals surface area contributed by atoms with E-state index in [1.54, 1.807) is 6.92 Å². The number of aliphatic imine (C=N–C) groups is 1. The lowest BCUT2D eigenvalue weighted by Gasteiger charge is -2.32. The van der Waals surface area contributed by atoms with Crippen molar-refractivity contribution in [1.82, 2.24) is 4.98 Å². The lowest BCUT2D eigenvalue weighted by molar-refractivity contribution is -0.143. The number of esters is 2. The van der Waals surface area contributed by atoms with E-state index in [1.165, 1.54) is 25.6 Å². The van der Waals surface area contributed by atoms with Crippen LogP contribution in [-0.2, 0) is 23.8 Å². The molecule has 0 saturated carbocycles. The summed E-state index contributed by atoms with van der Waals surface area (Å²) < 4.78 is 16.0. The number of hydrogen-bond donors (Lipinski definition) is 1. The number of nitrogens with two attached hydrogens (primary N) is 1. The highest BCUT2D eigenvalue weighted by Crippen LogP contribution is 2.44. The van der Waals surface area contributed by atoms with Gasteiger partial charge in [0.1, 0.15) is 10.9 Å². The Balaban J connectivity index is 1.89. The molecule has 2 aromatic carbocycles. The Morgan fingerprint density at radius 3 is 2.46 bits per heavy atom. The lowest BCUT2D eigenvalue weighted by atomic mass is 9.74. The summed E-state index contributed by atoms with van der Waals surface area (Å²) in [4.78, 5) is 35.8. The highest BCUT2D eigenvalue weighted by atomic mass is 32.1. The fourth-order valence-electron chi connectivity index (χ4n) is 4.52. The van der Waals surface area contributed by atoms with E-state index in [4.69, 9.17) is 24.9 Å². The van der Waals surface area contributed by atoms with Crippen LogP contribution in [0.5, 0.6) is 0 Å². The van der Waals surface area contributed by atoms with E-state index in [1.807, 2.05) is 60.0 Å². The Bertz CT molecular complexity index is 1330. The van der Waals surface area contributed by atoms with Crippen molar-refractivity contribution < 1.29 is 23.8 Å². The molecule has 9 heteroatoms. The first-order valence-corrected chi connectivity index (χ1v) is 12.7. The second-order valence-electron chi connectivity index (χ2n) is 8.42. The Hall–Kier alpha value is -3.66. The van der Waals surface area contributed by atoms with Gasteiger partial charge in [-0.3, -0.25) is 9.79 Å². The minimum Gasteiger partial charge on any atom is -0.468 e. The maximum absolute atomic E-state index is 13.2. The first-order valence-electron chi connectivity index (χ1n) is 11.8. The van der Waals surface area contributed by atoms with Crippen molar-refractivity contribution in [2.24, 2.45) is 16.6 Å². The van der Waals surface area contributed by atoms with Crippen LogP contribution in [-0.4, -0.2) is 56.6 Å². The van der Waals surface area contributed by atoms with E-state index < -0.39 is 23.8 Å². The van der Waals surface area contributed by atoms with Crippen molar-refractivity contribution in [3.63, 3.8) is 0 Å². The number of nitrogens with zero attached hydrogens (tertiary/aromatic N) is 2. The van der Waals surface area contributed by atoms with Crippen LogP contribution in [0, 0.1) is 5.92 Å². The fourth-order valence-corrected chi connectivity index (χ4v) is 5.39. The van der Waals surface area contributed by atoms with E-state index in [-0.39, 0.29) is 12.2 Å². The standard InChI is InChI=1S/C28H29N3O5S/c1-17-23(27(32)34-2)24(25(28(33)35-3)21(30-17)15-36-14-13-29)19-11-7-8-12-20(19)26-31-22(16-37-26)18-9-5-4-6-10-18/h4-12,16,23-24H,13-15,29H2,1-3H3. The van der Waals surface area contributed by atoms with Crippen LogP contribution in [0.4, 0.5) is 0 Å². The highest BCUT2D eigenvalue weighted by molar-refractivity contribution is 7.13. The van der Waals surface area contributed by atoms with Crippen LogP contribution in [0.3, 0.4) is 0 Å². The van der Waals surface area contributed by atoms with Crippen LogP contribution < -0.4 is 5.73 Å². The van der Waals surface area contributed by atoms with E-state index in [0.717, 1.165) is 27.4 Å². The predicted octanol–water partition coefficient (Wildman–Crippen LogP) is 4.23. The van der Waals surface area contributed by atoms with Crippen LogP contribution in [0.15, 0.2) is 76.2 Å². The van der Waals surface area contributed by atoms with Gasteiger partial charge in [0, 0.05) is 34.7 Å². The minimum atomic E-state index is -0.827. The molecule has 0 spiro atoms. The van der Waals surface area contributed by atoms with E-state index >= 15 is 0 Å². The second-order valence-corrected chi connectivity index (χ2v) is 9.27. The van der Waals surface area contributed by atoms with E-state index in [0.29, 0.717) is 24.6 Å². The number of thiazole rings is 1. The quantitative estimate of drug-likeness (QED) is 0.333. The summed E-state index contributed by atoms with van der Waals surface area (Å²) in [6.45, 7) is 2.44. The molecule has 3 aromatic rings. The van der Waals surface area contributed by atoms with Crippen molar-refractivity contribution in [2.75, 3.05) is 34.0 Å². The molecule has 1 aliphatic rings. The fraction of sp³-hybridized carbons (Fsp3) is 0.286. The van der Waals surface area contributed by atoms with E-state index in [9.17, 15) is 9.59 Å². The third kappa shape index (κ3) is 5.53. The number of aromatic nitrogens is 1. The van der Waals surface area contributed by atoms with E-state index in [2.05, 4.69) is 4.99 Å². The molecule has 2 heterocycles. The summed E-state index contributed by atoms with van der Waals surface area (Å²) in [5, 5.41) is 2.76. The number of hydrogen-bond acceptors (Lipinski definition) is 9. The van der Waals surface area contributed by atoms with Gasteiger partial charge in [0.15, 0.2) is 0 Å². The van der Waals surface area contributed by atoms with Crippen molar-refractivity contribution >= 4 is 29.0 Å². The zero-order valence-electron chi connectivity index (χ0n) is 21.0. The van der Waals surface area contributed by atoms with Gasteiger partial charge in [-0.05, 0) is 12.5 Å². The van der Waals surface area contributed by atoms with Gasteiger partial charge in [-0.25, -0.2) is 9.78 Å². The molecule has 0 aliphatic carbocycles. The smallest absolute Gasteiger partial charge is 0.336 e. The molecule has 0 fully saturated rings. The van der Waals surface area contributed by atoms with Crippen molar-refractivity contribution in [3.8, 4) is 21.8 Å². The first-order chi connectivity index (χ1) is 18.0. The molecule has 2 unspecified atom stereocenters. The zero-order chi connectivity index (χ0) is 26.4. The molecule has 0 saturated heterocycles. The normalized spacial score (nSPS) is 17.4. The van der Waals surface area contributed by atoms with Gasteiger partial charge in [-0.15, -0.1) is 11.3 Å². The molecule has 1 aliphatic heterocycles. The highest BCUT2D eigenvalue weighted by Gasteiger charge is 2.44. The van der Waals surface area contributed by atoms with Gasteiger partial charge >= 0.3 is 11.9 Å². The maximum atomic E-state index is 13.2. The predicted molar refractivity (Wildman–Crippen MR) is 143 cm³/mol. The van der Waals surface area contributed by atoms with Gasteiger partial charge < -0.3 is 19.9 Å². The Labute approximate surface area is 219 Å². The van der Waals surface area contributed by atoms with Crippen LogP contribution in [0.1, 0.15) is 18.4 Å². The molecule has 4 rings (SSSR count). The number of benzene rings is 2. The average Bonchev–Trinajstić information content (AvgIpc) is 3.43. The van der Waals surface area contributed by atoms with Gasteiger partial charge in [-0.1, -0.05) is 54.6 Å². The molecule has 0 radical (unpaired) electrons. The molecule has 1 aromatic heterocycles. The molecule has 8 nitrogen and oxygen atoms in total. The second kappa shape index (κ2) is 12.1. The number of carbonyl (C=O) groups is 2. The summed E-state index contributed by atoms with van der Waals surface area (Å²) in [5.41, 5.74) is 10.2. The van der Waals surface area contributed by atoms with Crippen molar-refractivity contribution in [1.29, 1.82) is 0 Å². The number of ether oxygens (including phenoxy) is 3. The monoisotopic (exact) mass is 519 g/mol. The number of rotatable bonds is 9. The topological polar surface area (TPSA) is 113 Å². The summed E-state index contributed by atoms with van der Waals surface area (Å²) >= 11 is 1.50. The average molecular weight is 520 g/mol. The van der Waals surface area contributed by atoms with Crippen molar-refractivity contribution in [3.05, 3.63) is 76.8 Å². The van der Waals surface area contributed by atoms with Gasteiger partial charge in [-0.2, -0.15) is 0 Å². The molecule has 0 bridgehead atoms. The zero-order valence-corrected chi connectivity index (χ0v) is 21.8. The first kappa shape index (κ1) is 26.4. The molecular formula is C28H29N3O5S. The van der Waals surface area contributed by atoms with Crippen LogP contribution in [0.25, 0.3) is 21.8 Å². The summed E-state index contributed by atoms with van der Waals surface area (Å²) in [5.74, 6) is -2.62. The number of methoxy groups -OCH3 is 2. The molecule has 192 valence electrons. The molecule has 2 atom stereocenters. The lowest BCUT2D eigenvalue weighted by Crippen LogP contribution is -2.37. The molecule has 2 N–H and O–H groups in total. The third-order valence-corrected chi connectivity index (χ3v) is 7.05. The summed E-state index contributed by atoms with van der Waals surface area (Å²) in [7, 11) is 2.63.